The lowest BCUT2D eigenvalue weighted by Gasteiger charge is -2.12. The highest BCUT2D eigenvalue weighted by molar-refractivity contribution is 5.76. The standard InChI is InChI=1S/C11H11F3O3/c1-2-9(10(15)16)7-3-5-8(6-4-7)17-11(12,13)14/h3-6,9H,2H2,1H3,(H,15,16). The molecule has 1 atom stereocenters. The summed E-state index contributed by atoms with van der Waals surface area (Å²) in [4.78, 5) is 10.8. The van der Waals surface area contributed by atoms with E-state index in [0.29, 0.717) is 12.0 Å². The van der Waals surface area contributed by atoms with Crippen LogP contribution in [0.15, 0.2) is 24.3 Å². The summed E-state index contributed by atoms with van der Waals surface area (Å²) in [7, 11) is 0. The fourth-order valence-electron chi connectivity index (χ4n) is 1.45. The number of halogens is 3. The monoisotopic (exact) mass is 248 g/mol. The molecule has 6 heteroatoms. The van der Waals surface area contributed by atoms with Crippen LogP contribution < -0.4 is 4.74 Å². The summed E-state index contributed by atoms with van der Waals surface area (Å²) in [6.45, 7) is 1.69. The first-order valence-electron chi connectivity index (χ1n) is 4.92. The fraction of sp³-hybridized carbons (Fsp3) is 0.364. The van der Waals surface area contributed by atoms with Crippen LogP contribution in [0.4, 0.5) is 13.2 Å². The minimum Gasteiger partial charge on any atom is -0.481 e. The number of aliphatic carboxylic acids is 1. The maximum Gasteiger partial charge on any atom is 0.573 e. The van der Waals surface area contributed by atoms with Gasteiger partial charge in [-0.15, -0.1) is 13.2 Å². The molecule has 0 aliphatic heterocycles. The second-order valence-electron chi connectivity index (χ2n) is 3.42. The van der Waals surface area contributed by atoms with Crippen LogP contribution in [0.2, 0.25) is 0 Å². The minimum absolute atomic E-state index is 0.360. The van der Waals surface area contributed by atoms with Crippen LogP contribution in [-0.4, -0.2) is 17.4 Å². The van der Waals surface area contributed by atoms with Crippen LogP contribution in [0.3, 0.4) is 0 Å². The van der Waals surface area contributed by atoms with Crippen molar-refractivity contribution in [1.29, 1.82) is 0 Å². The molecule has 0 fully saturated rings. The smallest absolute Gasteiger partial charge is 0.481 e. The van der Waals surface area contributed by atoms with E-state index >= 15 is 0 Å². The van der Waals surface area contributed by atoms with Gasteiger partial charge in [-0.3, -0.25) is 4.79 Å². The van der Waals surface area contributed by atoms with E-state index in [1.54, 1.807) is 6.92 Å². The van der Waals surface area contributed by atoms with Gasteiger partial charge in [0.25, 0.3) is 0 Å². The van der Waals surface area contributed by atoms with E-state index in [-0.39, 0.29) is 5.75 Å². The number of hydrogen-bond acceptors (Lipinski definition) is 2. The number of ether oxygens (including phenoxy) is 1. The Morgan fingerprint density at radius 1 is 1.35 bits per heavy atom. The van der Waals surface area contributed by atoms with Crippen molar-refractivity contribution >= 4 is 5.97 Å². The number of benzene rings is 1. The van der Waals surface area contributed by atoms with Crippen molar-refractivity contribution < 1.29 is 27.8 Å². The van der Waals surface area contributed by atoms with Crippen molar-refractivity contribution in [3.8, 4) is 5.75 Å². The predicted octanol–water partition coefficient (Wildman–Crippen LogP) is 3.16. The molecule has 0 aromatic heterocycles. The maximum absolute atomic E-state index is 11.9. The third-order valence-electron chi connectivity index (χ3n) is 2.22. The summed E-state index contributed by atoms with van der Waals surface area (Å²) in [6.07, 6.45) is -4.37. The van der Waals surface area contributed by atoms with Gasteiger partial charge in [0, 0.05) is 0 Å². The normalized spacial score (nSPS) is 13.2. The van der Waals surface area contributed by atoms with E-state index in [1.807, 2.05) is 0 Å². The van der Waals surface area contributed by atoms with Gasteiger partial charge in [-0.2, -0.15) is 0 Å². The van der Waals surface area contributed by atoms with Gasteiger partial charge in [0.1, 0.15) is 5.75 Å². The molecule has 0 bridgehead atoms. The second-order valence-corrected chi connectivity index (χ2v) is 3.42. The largest absolute Gasteiger partial charge is 0.573 e. The molecule has 0 saturated carbocycles. The van der Waals surface area contributed by atoms with Gasteiger partial charge in [-0.05, 0) is 24.1 Å². The first-order chi connectivity index (χ1) is 7.83. The van der Waals surface area contributed by atoms with Crippen molar-refractivity contribution in [1.82, 2.24) is 0 Å². The minimum atomic E-state index is -4.74. The predicted molar refractivity (Wildman–Crippen MR) is 53.8 cm³/mol. The quantitative estimate of drug-likeness (QED) is 0.890. The number of alkyl halides is 3. The molecule has 0 radical (unpaired) electrons. The summed E-state index contributed by atoms with van der Waals surface area (Å²) in [5, 5.41) is 8.87. The third-order valence-corrected chi connectivity index (χ3v) is 2.22. The number of carboxylic acid groups (broad SMARTS) is 1. The first kappa shape index (κ1) is 13.3. The Kier molecular flexibility index (Phi) is 3.98. The number of hydrogen-bond donors (Lipinski definition) is 1. The zero-order chi connectivity index (χ0) is 13.1. The number of carboxylic acids is 1. The molecule has 1 N–H and O–H groups in total. The molecular weight excluding hydrogens is 237 g/mol. The summed E-state index contributed by atoms with van der Waals surface area (Å²) >= 11 is 0. The van der Waals surface area contributed by atoms with Crippen molar-refractivity contribution in [3.05, 3.63) is 29.8 Å². The molecule has 1 aromatic carbocycles. The van der Waals surface area contributed by atoms with Gasteiger partial charge in [-0.1, -0.05) is 19.1 Å². The topological polar surface area (TPSA) is 46.5 Å². The zero-order valence-electron chi connectivity index (χ0n) is 8.99. The molecule has 94 valence electrons. The SMILES string of the molecule is CCC(C(=O)O)c1ccc(OC(F)(F)F)cc1. The number of rotatable bonds is 4. The van der Waals surface area contributed by atoms with Gasteiger partial charge in [0.15, 0.2) is 0 Å². The molecule has 1 aromatic rings. The van der Waals surface area contributed by atoms with Crippen LogP contribution in [0.25, 0.3) is 0 Å². The Balaban J connectivity index is 2.84. The number of carbonyl (C=O) groups is 1. The fourth-order valence-corrected chi connectivity index (χ4v) is 1.45. The van der Waals surface area contributed by atoms with Gasteiger partial charge in [0.05, 0.1) is 5.92 Å². The van der Waals surface area contributed by atoms with E-state index in [4.69, 9.17) is 5.11 Å². The Labute approximate surface area is 95.8 Å². The second kappa shape index (κ2) is 5.07. The highest BCUT2D eigenvalue weighted by Crippen LogP contribution is 2.26. The summed E-state index contributed by atoms with van der Waals surface area (Å²) < 4.78 is 39.3. The first-order valence-corrected chi connectivity index (χ1v) is 4.92. The highest BCUT2D eigenvalue weighted by Gasteiger charge is 2.31. The molecular formula is C11H11F3O3. The Hall–Kier alpha value is -1.72. The molecule has 17 heavy (non-hydrogen) atoms. The molecule has 3 nitrogen and oxygen atoms in total. The molecule has 1 rings (SSSR count). The van der Waals surface area contributed by atoms with Crippen molar-refractivity contribution in [2.75, 3.05) is 0 Å². The Morgan fingerprint density at radius 3 is 2.24 bits per heavy atom. The summed E-state index contributed by atoms with van der Waals surface area (Å²) in [5.74, 6) is -2.08. The van der Waals surface area contributed by atoms with Crippen molar-refractivity contribution in [2.45, 2.75) is 25.6 Å². The van der Waals surface area contributed by atoms with Crippen LogP contribution >= 0.6 is 0 Å². The molecule has 0 saturated heterocycles. The summed E-state index contributed by atoms with van der Waals surface area (Å²) in [6, 6.07) is 4.86. The van der Waals surface area contributed by atoms with Gasteiger partial charge in [0.2, 0.25) is 0 Å². The van der Waals surface area contributed by atoms with Crippen LogP contribution in [0, 0.1) is 0 Å². The lowest BCUT2D eigenvalue weighted by atomic mass is 9.97. The highest BCUT2D eigenvalue weighted by atomic mass is 19.4. The van der Waals surface area contributed by atoms with E-state index in [9.17, 15) is 18.0 Å². The molecule has 0 spiro atoms. The Bertz CT molecular complexity index is 384. The van der Waals surface area contributed by atoms with Gasteiger partial charge in [-0.25, -0.2) is 0 Å². The lowest BCUT2D eigenvalue weighted by molar-refractivity contribution is -0.274. The van der Waals surface area contributed by atoms with Crippen molar-refractivity contribution in [2.24, 2.45) is 0 Å². The van der Waals surface area contributed by atoms with Crippen molar-refractivity contribution in [3.63, 3.8) is 0 Å². The molecule has 0 amide bonds. The van der Waals surface area contributed by atoms with E-state index in [2.05, 4.69) is 4.74 Å². The van der Waals surface area contributed by atoms with E-state index in [0.717, 1.165) is 12.1 Å². The van der Waals surface area contributed by atoms with E-state index < -0.39 is 18.2 Å². The molecule has 0 aliphatic rings. The lowest BCUT2D eigenvalue weighted by Crippen LogP contribution is -2.17. The van der Waals surface area contributed by atoms with Gasteiger partial charge < -0.3 is 9.84 Å². The average Bonchev–Trinajstić information content (AvgIpc) is 2.18. The van der Waals surface area contributed by atoms with E-state index in [1.165, 1.54) is 12.1 Å². The molecule has 0 aliphatic carbocycles. The van der Waals surface area contributed by atoms with Crippen LogP contribution in [0.5, 0.6) is 5.75 Å². The third kappa shape index (κ3) is 3.97. The van der Waals surface area contributed by atoms with Crippen LogP contribution in [-0.2, 0) is 4.79 Å². The molecule has 0 heterocycles. The Morgan fingerprint density at radius 2 is 1.88 bits per heavy atom. The van der Waals surface area contributed by atoms with Gasteiger partial charge >= 0.3 is 12.3 Å². The van der Waals surface area contributed by atoms with Crippen LogP contribution in [0.1, 0.15) is 24.8 Å². The molecule has 1 unspecified atom stereocenters. The average molecular weight is 248 g/mol. The maximum atomic E-state index is 11.9. The summed E-state index contributed by atoms with van der Waals surface area (Å²) in [5.41, 5.74) is 0.453. The zero-order valence-corrected chi connectivity index (χ0v) is 8.99.